The van der Waals surface area contributed by atoms with E-state index in [4.69, 9.17) is 17.3 Å². The van der Waals surface area contributed by atoms with Crippen LogP contribution in [0.25, 0.3) is 0 Å². The van der Waals surface area contributed by atoms with Gasteiger partial charge < -0.3 is 11.1 Å². The predicted molar refractivity (Wildman–Crippen MR) is 73.3 cm³/mol. The summed E-state index contributed by atoms with van der Waals surface area (Å²) in [6.07, 6.45) is 1.52. The monoisotopic (exact) mass is 264 g/mol. The lowest BCUT2D eigenvalue weighted by molar-refractivity contribution is 0.616. The van der Waals surface area contributed by atoms with Crippen LogP contribution < -0.4 is 16.6 Å². The van der Waals surface area contributed by atoms with Gasteiger partial charge in [-0.1, -0.05) is 17.7 Å². The van der Waals surface area contributed by atoms with Crippen molar-refractivity contribution in [2.24, 2.45) is 0 Å². The van der Waals surface area contributed by atoms with Crippen LogP contribution in [0.2, 0.25) is 5.02 Å². The normalized spacial score (nSPS) is 10.3. The van der Waals surface area contributed by atoms with Gasteiger partial charge in [0.2, 0.25) is 0 Å². The summed E-state index contributed by atoms with van der Waals surface area (Å²) in [5.74, 6) is 0. The first-order valence-electron chi connectivity index (χ1n) is 5.50. The van der Waals surface area contributed by atoms with Gasteiger partial charge in [-0.05, 0) is 25.1 Å². The van der Waals surface area contributed by atoms with E-state index in [1.807, 2.05) is 19.1 Å². The molecule has 0 saturated carbocycles. The van der Waals surface area contributed by atoms with Gasteiger partial charge in [-0.2, -0.15) is 5.10 Å². The molecule has 3 N–H and O–H groups in total. The summed E-state index contributed by atoms with van der Waals surface area (Å²) in [6.45, 7) is 2.31. The minimum Gasteiger partial charge on any atom is -0.399 e. The Morgan fingerprint density at radius 2 is 2.28 bits per heavy atom. The summed E-state index contributed by atoms with van der Waals surface area (Å²) in [6, 6.07) is 7.17. The lowest BCUT2D eigenvalue weighted by Crippen LogP contribution is -2.22. The number of benzene rings is 1. The topological polar surface area (TPSA) is 72.9 Å². The molecule has 0 atom stereocenters. The summed E-state index contributed by atoms with van der Waals surface area (Å²) in [5.41, 5.74) is 7.22. The minimum atomic E-state index is -0.312. The van der Waals surface area contributed by atoms with Crippen molar-refractivity contribution >= 4 is 28.7 Å². The molecule has 6 heteroatoms. The first-order valence-corrected chi connectivity index (χ1v) is 5.87. The van der Waals surface area contributed by atoms with Gasteiger partial charge in [0.1, 0.15) is 5.02 Å². The Bertz CT molecular complexity index is 624. The zero-order chi connectivity index (χ0) is 13.1. The summed E-state index contributed by atoms with van der Waals surface area (Å²) in [7, 11) is 0. The number of rotatable bonds is 3. The van der Waals surface area contributed by atoms with Gasteiger partial charge in [-0.3, -0.25) is 4.79 Å². The Morgan fingerprint density at radius 3 is 2.94 bits per heavy atom. The second kappa shape index (κ2) is 5.10. The highest BCUT2D eigenvalue weighted by atomic mass is 35.5. The lowest BCUT2D eigenvalue weighted by atomic mass is 10.3. The third-order valence-electron chi connectivity index (χ3n) is 2.45. The van der Waals surface area contributed by atoms with Gasteiger partial charge in [0.25, 0.3) is 5.56 Å². The number of hydrogen-bond acceptors (Lipinski definition) is 4. The number of aryl methyl sites for hydroxylation is 1. The van der Waals surface area contributed by atoms with E-state index in [0.29, 0.717) is 17.9 Å². The Morgan fingerprint density at radius 1 is 1.50 bits per heavy atom. The van der Waals surface area contributed by atoms with E-state index in [1.165, 1.54) is 10.9 Å². The lowest BCUT2D eigenvalue weighted by Gasteiger charge is -2.09. The molecule has 0 fully saturated rings. The minimum absolute atomic E-state index is 0.120. The molecule has 0 saturated heterocycles. The Balaban J connectivity index is 2.36. The number of nitrogens with two attached hydrogens (primary N) is 1. The van der Waals surface area contributed by atoms with Crippen LogP contribution in [0, 0.1) is 0 Å². The molecule has 1 heterocycles. The molecule has 18 heavy (non-hydrogen) atoms. The fourth-order valence-corrected chi connectivity index (χ4v) is 1.74. The third kappa shape index (κ3) is 2.46. The van der Waals surface area contributed by atoms with E-state index in [0.717, 1.165) is 5.69 Å². The molecule has 0 aliphatic carbocycles. The standard InChI is InChI=1S/C12H13ClN4O/c1-2-17-12(18)11(13)10(7-15-17)16-9-5-3-4-8(14)6-9/h3-7,16H,2,14H2,1H3. The molecular formula is C12H13ClN4O. The maximum atomic E-state index is 11.8. The predicted octanol–water partition coefficient (Wildman–Crippen LogP) is 2.24. The Labute approximate surface area is 109 Å². The van der Waals surface area contributed by atoms with Crippen molar-refractivity contribution in [1.29, 1.82) is 0 Å². The summed E-state index contributed by atoms with van der Waals surface area (Å²) in [4.78, 5) is 11.8. The van der Waals surface area contributed by atoms with Crippen LogP contribution in [0.5, 0.6) is 0 Å². The molecule has 5 nitrogen and oxygen atoms in total. The van der Waals surface area contributed by atoms with Crippen LogP contribution in [0.4, 0.5) is 17.1 Å². The highest BCUT2D eigenvalue weighted by molar-refractivity contribution is 6.33. The molecular weight excluding hydrogens is 252 g/mol. The van der Waals surface area contributed by atoms with Gasteiger partial charge >= 0.3 is 0 Å². The van der Waals surface area contributed by atoms with E-state index in [9.17, 15) is 4.79 Å². The number of nitrogen functional groups attached to an aromatic ring is 1. The fraction of sp³-hybridized carbons (Fsp3) is 0.167. The van der Waals surface area contributed by atoms with Crippen LogP contribution in [0.1, 0.15) is 6.92 Å². The molecule has 2 aromatic rings. The number of nitrogens with zero attached hydrogens (tertiary/aromatic N) is 2. The van der Waals surface area contributed by atoms with E-state index in [-0.39, 0.29) is 10.6 Å². The second-order valence-corrected chi connectivity index (χ2v) is 4.12. The molecule has 1 aromatic heterocycles. The third-order valence-corrected chi connectivity index (χ3v) is 2.82. The van der Waals surface area contributed by atoms with E-state index >= 15 is 0 Å². The highest BCUT2D eigenvalue weighted by Gasteiger charge is 2.08. The second-order valence-electron chi connectivity index (χ2n) is 3.74. The smallest absolute Gasteiger partial charge is 0.287 e. The van der Waals surface area contributed by atoms with Crippen molar-refractivity contribution in [3.63, 3.8) is 0 Å². The summed E-state index contributed by atoms with van der Waals surface area (Å²) >= 11 is 6.00. The molecule has 0 aliphatic heterocycles. The maximum absolute atomic E-state index is 11.8. The molecule has 0 spiro atoms. The molecule has 1 aromatic carbocycles. The number of halogens is 1. The van der Waals surface area contributed by atoms with Crippen molar-refractivity contribution in [2.75, 3.05) is 11.1 Å². The Kier molecular flexibility index (Phi) is 3.53. The van der Waals surface area contributed by atoms with E-state index in [1.54, 1.807) is 12.1 Å². The average molecular weight is 265 g/mol. The molecule has 0 radical (unpaired) electrons. The quantitative estimate of drug-likeness (QED) is 0.834. The van der Waals surface area contributed by atoms with Gasteiger partial charge in [0, 0.05) is 17.9 Å². The number of anilines is 3. The van der Waals surface area contributed by atoms with E-state index in [2.05, 4.69) is 10.4 Å². The van der Waals surface area contributed by atoms with Crippen LogP contribution in [0.3, 0.4) is 0 Å². The molecule has 0 bridgehead atoms. The fourth-order valence-electron chi connectivity index (χ4n) is 1.55. The van der Waals surface area contributed by atoms with Crippen molar-refractivity contribution in [1.82, 2.24) is 9.78 Å². The first-order chi connectivity index (χ1) is 8.61. The van der Waals surface area contributed by atoms with Crippen molar-refractivity contribution in [3.8, 4) is 0 Å². The average Bonchev–Trinajstić information content (AvgIpc) is 2.35. The zero-order valence-electron chi connectivity index (χ0n) is 9.85. The van der Waals surface area contributed by atoms with Crippen molar-refractivity contribution in [2.45, 2.75) is 13.5 Å². The first kappa shape index (κ1) is 12.4. The summed E-state index contributed by atoms with van der Waals surface area (Å²) < 4.78 is 1.30. The van der Waals surface area contributed by atoms with Gasteiger partial charge in [0.05, 0.1) is 11.9 Å². The molecule has 0 aliphatic rings. The van der Waals surface area contributed by atoms with Crippen LogP contribution >= 0.6 is 11.6 Å². The van der Waals surface area contributed by atoms with E-state index < -0.39 is 0 Å². The Hall–Kier alpha value is -2.01. The van der Waals surface area contributed by atoms with Gasteiger partial charge in [-0.15, -0.1) is 0 Å². The number of nitrogens with one attached hydrogen (secondary N) is 1. The maximum Gasteiger partial charge on any atom is 0.287 e. The SMILES string of the molecule is CCn1ncc(Nc2cccc(N)c2)c(Cl)c1=O. The van der Waals surface area contributed by atoms with Crippen LogP contribution in [-0.2, 0) is 6.54 Å². The van der Waals surface area contributed by atoms with Crippen LogP contribution in [0.15, 0.2) is 35.3 Å². The molecule has 0 unspecified atom stereocenters. The largest absolute Gasteiger partial charge is 0.399 e. The summed E-state index contributed by atoms with van der Waals surface area (Å²) in [5, 5.41) is 7.14. The number of hydrogen-bond donors (Lipinski definition) is 2. The molecule has 2 rings (SSSR count). The number of aromatic nitrogens is 2. The zero-order valence-corrected chi connectivity index (χ0v) is 10.6. The van der Waals surface area contributed by atoms with Crippen LogP contribution in [-0.4, -0.2) is 9.78 Å². The van der Waals surface area contributed by atoms with Crippen molar-refractivity contribution < 1.29 is 0 Å². The van der Waals surface area contributed by atoms with Crippen molar-refractivity contribution in [3.05, 3.63) is 45.8 Å². The molecule has 94 valence electrons. The van der Waals surface area contributed by atoms with Gasteiger partial charge in [-0.25, -0.2) is 4.68 Å². The highest BCUT2D eigenvalue weighted by Crippen LogP contribution is 2.22. The van der Waals surface area contributed by atoms with Gasteiger partial charge in [0.15, 0.2) is 0 Å². The molecule has 0 amide bonds.